The first-order valence-electron chi connectivity index (χ1n) is 6.84. The van der Waals surface area contributed by atoms with Crippen molar-refractivity contribution in [2.45, 2.75) is 37.4 Å². The predicted octanol–water partition coefficient (Wildman–Crippen LogP) is 2.63. The summed E-state index contributed by atoms with van der Waals surface area (Å²) >= 11 is 0. The van der Waals surface area contributed by atoms with Gasteiger partial charge in [-0.3, -0.25) is 9.59 Å². The predicted molar refractivity (Wildman–Crippen MR) is 72.0 cm³/mol. The number of halogens is 3. The molecule has 7 heteroatoms. The van der Waals surface area contributed by atoms with E-state index in [1.54, 1.807) is 0 Å². The van der Waals surface area contributed by atoms with Gasteiger partial charge >= 0.3 is 12.1 Å². The van der Waals surface area contributed by atoms with Gasteiger partial charge in [0.15, 0.2) is 0 Å². The van der Waals surface area contributed by atoms with E-state index in [9.17, 15) is 22.8 Å². The molecule has 1 aromatic rings. The van der Waals surface area contributed by atoms with Gasteiger partial charge in [0.25, 0.3) is 0 Å². The van der Waals surface area contributed by atoms with Gasteiger partial charge in [0.2, 0.25) is 5.91 Å². The van der Waals surface area contributed by atoms with Gasteiger partial charge in [0.1, 0.15) is 0 Å². The molecular formula is C15H16F3NO3. The highest BCUT2D eigenvalue weighted by molar-refractivity contribution is 5.79. The summed E-state index contributed by atoms with van der Waals surface area (Å²) in [4.78, 5) is 22.9. The number of methoxy groups -OCH3 is 1. The summed E-state index contributed by atoms with van der Waals surface area (Å²) in [5.41, 5.74) is -0.172. The Morgan fingerprint density at radius 1 is 1.36 bits per heavy atom. The smallest absolute Gasteiger partial charge is 0.416 e. The Kier molecular flexibility index (Phi) is 4.73. The maximum atomic E-state index is 12.6. The van der Waals surface area contributed by atoms with Crippen LogP contribution in [-0.2, 0) is 20.5 Å². The molecule has 1 aliphatic rings. The van der Waals surface area contributed by atoms with Crippen LogP contribution in [-0.4, -0.2) is 25.0 Å². The van der Waals surface area contributed by atoms with E-state index in [0.717, 1.165) is 12.1 Å². The van der Waals surface area contributed by atoms with Crippen LogP contribution in [0.1, 0.15) is 36.3 Å². The van der Waals surface area contributed by atoms with Crippen LogP contribution in [0.25, 0.3) is 0 Å². The average molecular weight is 315 g/mol. The Labute approximate surface area is 125 Å². The fourth-order valence-corrected chi connectivity index (χ4v) is 2.61. The Morgan fingerprint density at radius 2 is 2.00 bits per heavy atom. The number of esters is 1. The van der Waals surface area contributed by atoms with Crippen LogP contribution < -0.4 is 5.32 Å². The lowest BCUT2D eigenvalue weighted by atomic mass is 9.87. The van der Waals surface area contributed by atoms with Gasteiger partial charge in [0.05, 0.1) is 19.1 Å². The number of nitrogens with one attached hydrogen (secondary N) is 1. The third kappa shape index (κ3) is 3.78. The first kappa shape index (κ1) is 16.3. The fraction of sp³-hybridized carbons (Fsp3) is 0.467. The van der Waals surface area contributed by atoms with Gasteiger partial charge in [-0.15, -0.1) is 0 Å². The number of rotatable bonds is 4. The van der Waals surface area contributed by atoms with Gasteiger partial charge in [-0.1, -0.05) is 12.1 Å². The normalized spacial score (nSPS) is 19.6. The molecule has 0 radical (unpaired) electrons. The lowest BCUT2D eigenvalue weighted by Gasteiger charge is -2.23. The van der Waals surface area contributed by atoms with Crippen LogP contribution in [0.3, 0.4) is 0 Å². The van der Waals surface area contributed by atoms with Crippen molar-refractivity contribution >= 4 is 11.9 Å². The number of hydrogen-bond donors (Lipinski definition) is 1. The summed E-state index contributed by atoms with van der Waals surface area (Å²) in [5.74, 6) is -0.987. The molecule has 1 saturated heterocycles. The Bertz CT molecular complexity index is 554. The molecule has 1 aromatic carbocycles. The number of amides is 1. The zero-order valence-electron chi connectivity index (χ0n) is 11.9. The van der Waals surface area contributed by atoms with E-state index in [1.807, 2.05) is 0 Å². The second-order valence-corrected chi connectivity index (χ2v) is 5.22. The van der Waals surface area contributed by atoms with E-state index in [2.05, 4.69) is 10.1 Å². The van der Waals surface area contributed by atoms with Gasteiger partial charge in [-0.2, -0.15) is 13.2 Å². The molecule has 0 aromatic heterocycles. The molecule has 120 valence electrons. The highest BCUT2D eigenvalue weighted by Crippen LogP contribution is 2.33. The van der Waals surface area contributed by atoms with Crippen molar-refractivity contribution < 1.29 is 27.5 Å². The molecule has 0 spiro atoms. The van der Waals surface area contributed by atoms with Crippen LogP contribution in [0.2, 0.25) is 0 Å². The monoisotopic (exact) mass is 315 g/mol. The molecule has 1 aliphatic heterocycles. The minimum absolute atomic E-state index is 0.00676. The summed E-state index contributed by atoms with van der Waals surface area (Å²) in [6.45, 7) is 0. The van der Waals surface area contributed by atoms with Crippen molar-refractivity contribution in [3.63, 3.8) is 0 Å². The topological polar surface area (TPSA) is 55.4 Å². The lowest BCUT2D eigenvalue weighted by Crippen LogP contribution is -2.33. The van der Waals surface area contributed by atoms with E-state index >= 15 is 0 Å². The summed E-state index contributed by atoms with van der Waals surface area (Å²) in [7, 11) is 1.25. The number of carbonyl (C=O) groups is 2. The third-order valence-electron chi connectivity index (χ3n) is 3.79. The van der Waals surface area contributed by atoms with Crippen LogP contribution in [0, 0.1) is 0 Å². The lowest BCUT2D eigenvalue weighted by molar-refractivity contribution is -0.141. The van der Waals surface area contributed by atoms with E-state index in [4.69, 9.17) is 0 Å². The van der Waals surface area contributed by atoms with E-state index in [-0.39, 0.29) is 18.4 Å². The maximum absolute atomic E-state index is 12.6. The molecule has 1 heterocycles. The molecule has 1 fully saturated rings. The van der Waals surface area contributed by atoms with Crippen LogP contribution in [0.15, 0.2) is 24.3 Å². The van der Waals surface area contributed by atoms with Gasteiger partial charge < -0.3 is 10.1 Å². The number of ether oxygens (including phenoxy) is 1. The summed E-state index contributed by atoms with van der Waals surface area (Å²) < 4.78 is 42.5. The third-order valence-corrected chi connectivity index (χ3v) is 3.79. The summed E-state index contributed by atoms with van der Waals surface area (Å²) in [6.07, 6.45) is -3.50. The van der Waals surface area contributed by atoms with Crippen molar-refractivity contribution in [2.24, 2.45) is 0 Å². The molecule has 0 aliphatic carbocycles. The minimum Gasteiger partial charge on any atom is -0.469 e. The summed E-state index contributed by atoms with van der Waals surface area (Å²) in [6, 6.07) is 4.39. The number of carbonyl (C=O) groups excluding carboxylic acids is 2. The number of hydrogen-bond acceptors (Lipinski definition) is 3. The van der Waals surface area contributed by atoms with Gasteiger partial charge in [-0.25, -0.2) is 0 Å². The van der Waals surface area contributed by atoms with Gasteiger partial charge in [0, 0.05) is 18.4 Å². The average Bonchev–Trinajstić information content (AvgIpc) is 2.90. The number of benzene rings is 1. The molecule has 2 rings (SSSR count). The number of alkyl halides is 3. The van der Waals surface area contributed by atoms with E-state index < -0.39 is 23.6 Å². The van der Waals surface area contributed by atoms with Crippen molar-refractivity contribution in [2.75, 3.05) is 7.11 Å². The van der Waals surface area contributed by atoms with Crippen LogP contribution in [0.4, 0.5) is 13.2 Å². The molecule has 2 atom stereocenters. The first-order chi connectivity index (χ1) is 10.3. The molecule has 22 heavy (non-hydrogen) atoms. The van der Waals surface area contributed by atoms with Crippen LogP contribution in [0.5, 0.6) is 0 Å². The molecule has 0 bridgehead atoms. The quantitative estimate of drug-likeness (QED) is 0.869. The van der Waals surface area contributed by atoms with Crippen molar-refractivity contribution in [1.82, 2.24) is 5.32 Å². The molecule has 1 amide bonds. The molecule has 2 unspecified atom stereocenters. The Balaban J connectivity index is 2.24. The van der Waals surface area contributed by atoms with Crippen LogP contribution >= 0.6 is 0 Å². The maximum Gasteiger partial charge on any atom is 0.416 e. The molecule has 0 saturated carbocycles. The van der Waals surface area contributed by atoms with Gasteiger partial charge in [-0.05, 0) is 24.1 Å². The second kappa shape index (κ2) is 6.37. The largest absolute Gasteiger partial charge is 0.469 e. The highest BCUT2D eigenvalue weighted by Gasteiger charge is 2.33. The molecule has 1 N–H and O–H groups in total. The van der Waals surface area contributed by atoms with E-state index in [1.165, 1.54) is 19.2 Å². The zero-order chi connectivity index (χ0) is 16.3. The SMILES string of the molecule is COC(=O)CC(c1ccc(C(F)(F)F)cc1)C1CCC(=O)N1. The van der Waals surface area contributed by atoms with Crippen molar-refractivity contribution in [3.8, 4) is 0 Å². The standard InChI is InChI=1S/C15H16F3NO3/c1-22-14(21)8-11(12-6-7-13(20)19-12)9-2-4-10(5-3-9)15(16,17)18/h2-5,11-12H,6-8H2,1H3,(H,19,20). The first-order valence-corrected chi connectivity index (χ1v) is 6.84. The molecular weight excluding hydrogens is 299 g/mol. The molecule has 4 nitrogen and oxygen atoms in total. The summed E-state index contributed by atoms with van der Waals surface area (Å²) in [5, 5.41) is 2.76. The second-order valence-electron chi connectivity index (χ2n) is 5.22. The van der Waals surface area contributed by atoms with Crippen molar-refractivity contribution in [1.29, 1.82) is 0 Å². The minimum atomic E-state index is -4.40. The Hall–Kier alpha value is -2.05. The van der Waals surface area contributed by atoms with E-state index in [0.29, 0.717) is 18.4 Å². The highest BCUT2D eigenvalue weighted by atomic mass is 19.4. The zero-order valence-corrected chi connectivity index (χ0v) is 11.9. The van der Waals surface area contributed by atoms with Crippen molar-refractivity contribution in [3.05, 3.63) is 35.4 Å². The Morgan fingerprint density at radius 3 is 2.45 bits per heavy atom. The fourth-order valence-electron chi connectivity index (χ4n) is 2.61.